The Balaban J connectivity index is 0.000000567. The van der Waals surface area contributed by atoms with E-state index in [1.807, 2.05) is 30.3 Å². The maximum absolute atomic E-state index is 10.6. The maximum Gasteiger partial charge on any atom is 0.130 e. The molecule has 1 rings (SSSR count). The van der Waals surface area contributed by atoms with Gasteiger partial charge in [-0.2, -0.15) is 0 Å². The molecule has 0 aliphatic rings. The van der Waals surface area contributed by atoms with Crippen molar-refractivity contribution >= 4 is 5.78 Å². The molecule has 0 unspecified atom stereocenters. The Morgan fingerprint density at radius 1 is 0.714 bits per heavy atom. The van der Waals surface area contributed by atoms with Gasteiger partial charge in [0.05, 0.1) is 26.2 Å². The minimum absolute atomic E-state index is 0.258. The van der Waals surface area contributed by atoms with Crippen molar-refractivity contribution in [3.05, 3.63) is 35.9 Å². The lowest BCUT2D eigenvalue weighted by Gasteiger charge is -2.39. The van der Waals surface area contributed by atoms with E-state index in [1.165, 1.54) is 87.6 Å². The van der Waals surface area contributed by atoms with Crippen LogP contribution in [0.5, 0.6) is 0 Å². The lowest BCUT2D eigenvalue weighted by atomic mass is 10.1. The molecule has 0 fully saturated rings. The fourth-order valence-corrected chi connectivity index (χ4v) is 3.61. The van der Waals surface area contributed by atoms with Crippen molar-refractivity contribution < 1.29 is 9.28 Å². The summed E-state index contributed by atoms with van der Waals surface area (Å²) in [7, 11) is 0. The smallest absolute Gasteiger partial charge is 0.130 e. The van der Waals surface area contributed by atoms with Gasteiger partial charge in [-0.05, 0) is 44.6 Å². The maximum atomic E-state index is 10.6. The summed E-state index contributed by atoms with van der Waals surface area (Å²) >= 11 is 0. The molecule has 0 N–H and O–H groups in total. The van der Waals surface area contributed by atoms with Crippen molar-refractivity contribution in [2.24, 2.45) is 0 Å². The van der Waals surface area contributed by atoms with E-state index in [0.29, 0.717) is 6.42 Å². The summed E-state index contributed by atoms with van der Waals surface area (Å²) in [5.74, 6) is 0.258. The van der Waals surface area contributed by atoms with E-state index in [1.54, 1.807) is 6.92 Å². The number of nitrogens with zero attached hydrogens (tertiary/aromatic N) is 1. The highest BCUT2D eigenvalue weighted by Crippen LogP contribution is 2.16. The molecule has 0 atom stereocenters. The summed E-state index contributed by atoms with van der Waals surface area (Å²) in [6.07, 6.45) is 12.6. The minimum atomic E-state index is 0.258. The average Bonchev–Trinajstić information content (AvgIpc) is 2.72. The van der Waals surface area contributed by atoms with E-state index in [9.17, 15) is 4.79 Å². The fraction of sp³-hybridized carbons (Fsp3) is 0.731. The zero-order chi connectivity index (χ0) is 21.1. The molecular weight excluding hydrogens is 342 g/mol. The van der Waals surface area contributed by atoms with Gasteiger partial charge in [-0.3, -0.25) is 0 Å². The van der Waals surface area contributed by atoms with Crippen LogP contribution >= 0.6 is 0 Å². The van der Waals surface area contributed by atoms with Crippen LogP contribution in [0.1, 0.15) is 98.0 Å². The van der Waals surface area contributed by atoms with Crippen LogP contribution in [0.25, 0.3) is 0 Å². The van der Waals surface area contributed by atoms with Crippen LogP contribution in [-0.4, -0.2) is 36.4 Å². The fourth-order valence-electron chi connectivity index (χ4n) is 3.61. The Labute approximate surface area is 176 Å². The molecule has 0 amide bonds. The van der Waals surface area contributed by atoms with E-state index < -0.39 is 0 Å². The van der Waals surface area contributed by atoms with Crippen molar-refractivity contribution in [1.82, 2.24) is 0 Å². The number of Topliss-reactive ketones (excluding diaryl/α,β-unsaturated/α-hetero) is 1. The standard InChI is InChI=1S/C16H36N.C10H12O/c1-5-9-13-17(14-10-6-2,15-11-7-3)16-12-8-4;1-9(11)7-8-10-5-3-2-4-6-10/h5-16H2,1-4H3;2-6H,7-8H2,1H3/q+1;. The van der Waals surface area contributed by atoms with Crippen LogP contribution < -0.4 is 0 Å². The summed E-state index contributed by atoms with van der Waals surface area (Å²) in [6.45, 7) is 16.6. The monoisotopic (exact) mass is 390 g/mol. The number of carbonyl (C=O) groups excluding carboxylic acids is 1. The normalized spacial score (nSPS) is 11.0. The van der Waals surface area contributed by atoms with Gasteiger partial charge in [0.1, 0.15) is 5.78 Å². The Kier molecular flexibility index (Phi) is 17.2. The van der Waals surface area contributed by atoms with Crippen LogP contribution in [0.2, 0.25) is 0 Å². The van der Waals surface area contributed by atoms with Gasteiger partial charge in [0, 0.05) is 6.42 Å². The highest BCUT2D eigenvalue weighted by atomic mass is 16.1. The number of carbonyl (C=O) groups is 1. The van der Waals surface area contributed by atoms with Gasteiger partial charge in [0.15, 0.2) is 0 Å². The number of quaternary nitrogens is 1. The summed E-state index contributed by atoms with van der Waals surface area (Å²) in [6, 6.07) is 10.1. The number of hydrogen-bond acceptors (Lipinski definition) is 1. The first-order chi connectivity index (χ1) is 13.5. The van der Waals surface area contributed by atoms with Crippen LogP contribution in [0, 0.1) is 0 Å². The third kappa shape index (κ3) is 13.9. The molecule has 28 heavy (non-hydrogen) atoms. The highest BCUT2D eigenvalue weighted by Gasteiger charge is 2.24. The zero-order valence-corrected chi connectivity index (χ0v) is 19.6. The third-order valence-electron chi connectivity index (χ3n) is 5.55. The van der Waals surface area contributed by atoms with Gasteiger partial charge < -0.3 is 9.28 Å². The Bertz CT molecular complexity index is 431. The molecule has 2 nitrogen and oxygen atoms in total. The molecule has 0 saturated heterocycles. The molecular formula is C26H48NO+. The molecule has 1 aromatic carbocycles. The highest BCUT2D eigenvalue weighted by molar-refractivity contribution is 5.75. The van der Waals surface area contributed by atoms with Crippen molar-refractivity contribution in [3.8, 4) is 0 Å². The van der Waals surface area contributed by atoms with Crippen LogP contribution in [0.4, 0.5) is 0 Å². The molecule has 0 spiro atoms. The largest absolute Gasteiger partial charge is 0.324 e. The van der Waals surface area contributed by atoms with Crippen molar-refractivity contribution in [1.29, 1.82) is 0 Å². The van der Waals surface area contributed by atoms with Gasteiger partial charge in [0.25, 0.3) is 0 Å². The predicted molar refractivity (Wildman–Crippen MR) is 125 cm³/mol. The number of aryl methyl sites for hydroxylation is 1. The van der Waals surface area contributed by atoms with Crippen LogP contribution in [0.3, 0.4) is 0 Å². The van der Waals surface area contributed by atoms with Crippen molar-refractivity contribution in [2.75, 3.05) is 26.2 Å². The molecule has 1 aromatic rings. The van der Waals surface area contributed by atoms with Crippen molar-refractivity contribution in [2.45, 2.75) is 98.8 Å². The van der Waals surface area contributed by atoms with E-state index in [0.717, 1.165) is 6.42 Å². The molecule has 0 aromatic heterocycles. The number of rotatable bonds is 15. The van der Waals surface area contributed by atoms with E-state index in [4.69, 9.17) is 0 Å². The summed E-state index contributed by atoms with van der Waals surface area (Å²) in [5, 5.41) is 0. The second-order valence-corrected chi connectivity index (χ2v) is 8.34. The first-order valence-electron chi connectivity index (χ1n) is 11.9. The second kappa shape index (κ2) is 17.9. The quantitative estimate of drug-likeness (QED) is 0.289. The minimum Gasteiger partial charge on any atom is -0.324 e. The number of unbranched alkanes of at least 4 members (excludes halogenated alkanes) is 4. The summed E-state index contributed by atoms with van der Waals surface area (Å²) < 4.78 is 1.42. The average molecular weight is 391 g/mol. The second-order valence-electron chi connectivity index (χ2n) is 8.34. The van der Waals surface area contributed by atoms with Gasteiger partial charge in [0.2, 0.25) is 0 Å². The molecule has 0 aliphatic heterocycles. The van der Waals surface area contributed by atoms with Crippen molar-refractivity contribution in [3.63, 3.8) is 0 Å². The van der Waals surface area contributed by atoms with Gasteiger partial charge in [-0.25, -0.2) is 0 Å². The Morgan fingerprint density at radius 3 is 1.43 bits per heavy atom. The molecule has 0 radical (unpaired) electrons. The number of benzene rings is 1. The van der Waals surface area contributed by atoms with E-state index >= 15 is 0 Å². The molecule has 0 saturated carbocycles. The zero-order valence-electron chi connectivity index (χ0n) is 19.6. The molecule has 0 bridgehead atoms. The summed E-state index contributed by atoms with van der Waals surface area (Å²) in [5.41, 5.74) is 1.24. The molecule has 2 heteroatoms. The van der Waals surface area contributed by atoms with E-state index in [2.05, 4.69) is 27.7 Å². The van der Waals surface area contributed by atoms with Crippen LogP contribution in [-0.2, 0) is 11.2 Å². The SMILES string of the molecule is CC(=O)CCc1ccccc1.CCCC[N+](CCCC)(CCCC)CCCC. The summed E-state index contributed by atoms with van der Waals surface area (Å²) in [4.78, 5) is 10.6. The molecule has 0 heterocycles. The van der Waals surface area contributed by atoms with Gasteiger partial charge in [-0.15, -0.1) is 0 Å². The topological polar surface area (TPSA) is 17.1 Å². The van der Waals surface area contributed by atoms with Gasteiger partial charge >= 0.3 is 0 Å². The molecule has 162 valence electrons. The third-order valence-corrected chi connectivity index (χ3v) is 5.55. The first kappa shape index (κ1) is 26.9. The lowest BCUT2D eigenvalue weighted by molar-refractivity contribution is -0.929. The number of ketones is 1. The predicted octanol–water partition coefficient (Wildman–Crippen LogP) is 7.21. The van der Waals surface area contributed by atoms with Gasteiger partial charge in [-0.1, -0.05) is 83.7 Å². The number of hydrogen-bond donors (Lipinski definition) is 0. The first-order valence-corrected chi connectivity index (χ1v) is 11.9. The Hall–Kier alpha value is -1.15. The van der Waals surface area contributed by atoms with Crippen LogP contribution in [0.15, 0.2) is 30.3 Å². The molecule has 0 aliphatic carbocycles. The van der Waals surface area contributed by atoms with E-state index in [-0.39, 0.29) is 5.78 Å². The lowest BCUT2D eigenvalue weighted by Crippen LogP contribution is -2.50. The Morgan fingerprint density at radius 2 is 1.11 bits per heavy atom.